The lowest BCUT2D eigenvalue weighted by Crippen LogP contribution is -2.56. The lowest BCUT2D eigenvalue weighted by Gasteiger charge is -2.43. The third kappa shape index (κ3) is 4.45. The van der Waals surface area contributed by atoms with Gasteiger partial charge in [0.2, 0.25) is 0 Å². The second-order valence-corrected chi connectivity index (χ2v) is 7.67. The topological polar surface area (TPSA) is 69.1 Å². The van der Waals surface area contributed by atoms with Crippen LogP contribution in [0, 0.1) is 0 Å². The summed E-state index contributed by atoms with van der Waals surface area (Å²) in [4.78, 5) is 23.7. The van der Waals surface area contributed by atoms with Gasteiger partial charge in [-0.3, -0.25) is 9.69 Å². The number of rotatable bonds is 4. The summed E-state index contributed by atoms with van der Waals surface area (Å²) in [7, 11) is 1.68. The number of hydrogen-bond acceptors (Lipinski definition) is 6. The zero-order valence-corrected chi connectivity index (χ0v) is 16.8. The van der Waals surface area contributed by atoms with Crippen molar-refractivity contribution in [2.75, 3.05) is 51.3 Å². The summed E-state index contributed by atoms with van der Waals surface area (Å²) in [6.07, 6.45) is 3.45. The van der Waals surface area contributed by atoms with Crippen LogP contribution in [0.25, 0.3) is 0 Å². The maximum atomic E-state index is 12.8. The van der Waals surface area contributed by atoms with Crippen LogP contribution in [-0.4, -0.2) is 78.2 Å². The number of likely N-dealkylation sites (tertiary alicyclic amines) is 1. The second-order valence-electron chi connectivity index (χ2n) is 7.67. The fourth-order valence-electron chi connectivity index (χ4n) is 4.25. The number of ether oxygens (including phenoxy) is 1. The van der Waals surface area contributed by atoms with Crippen LogP contribution in [0.1, 0.15) is 23.3 Å². The van der Waals surface area contributed by atoms with Crippen LogP contribution in [0.5, 0.6) is 11.5 Å². The van der Waals surface area contributed by atoms with Gasteiger partial charge in [0.1, 0.15) is 17.2 Å². The molecule has 2 aromatic rings. The highest BCUT2D eigenvalue weighted by molar-refractivity contribution is 5.92. The molecule has 154 valence electrons. The van der Waals surface area contributed by atoms with Crippen LogP contribution in [0.15, 0.2) is 42.6 Å². The predicted molar refractivity (Wildman–Crippen MR) is 112 cm³/mol. The van der Waals surface area contributed by atoms with Crippen LogP contribution in [0.2, 0.25) is 0 Å². The van der Waals surface area contributed by atoms with E-state index in [2.05, 4.69) is 26.9 Å². The first-order valence-corrected chi connectivity index (χ1v) is 10.2. The van der Waals surface area contributed by atoms with Crippen LogP contribution < -0.4 is 9.64 Å². The maximum absolute atomic E-state index is 12.8. The lowest BCUT2D eigenvalue weighted by atomic mass is 10.0. The number of pyridine rings is 1. The number of hydrogen-bond donors (Lipinski definition) is 1. The van der Waals surface area contributed by atoms with Crippen molar-refractivity contribution in [3.63, 3.8) is 0 Å². The summed E-state index contributed by atoms with van der Waals surface area (Å²) < 4.78 is 5.24. The van der Waals surface area contributed by atoms with Crippen molar-refractivity contribution in [3.8, 4) is 11.5 Å². The zero-order valence-electron chi connectivity index (χ0n) is 16.8. The molecule has 0 spiro atoms. The highest BCUT2D eigenvalue weighted by Crippen LogP contribution is 2.23. The van der Waals surface area contributed by atoms with E-state index in [1.807, 2.05) is 17.0 Å². The lowest BCUT2D eigenvalue weighted by molar-refractivity contribution is 0.0558. The van der Waals surface area contributed by atoms with E-state index in [-0.39, 0.29) is 11.7 Å². The average Bonchev–Trinajstić information content (AvgIpc) is 2.79. The largest absolute Gasteiger partial charge is 0.506 e. The van der Waals surface area contributed by atoms with Gasteiger partial charge in [-0.25, -0.2) is 4.98 Å². The van der Waals surface area contributed by atoms with Crippen molar-refractivity contribution in [1.82, 2.24) is 14.8 Å². The standard InChI is InChI=1S/C22H28N4O3/c1-29-20-7-4-17(5-8-20)24-11-13-25(14-12-24)18-3-2-10-26(16-18)22(28)21-9-6-19(27)15-23-21/h4-9,15,18,27H,2-3,10-14,16H2,1H3/t18-/m1/s1. The number of anilines is 1. The van der Waals surface area contributed by atoms with E-state index in [4.69, 9.17) is 4.74 Å². The normalized spacial score (nSPS) is 20.5. The van der Waals surface area contributed by atoms with Crippen molar-refractivity contribution >= 4 is 11.6 Å². The Morgan fingerprint density at radius 2 is 1.83 bits per heavy atom. The SMILES string of the molecule is COc1ccc(N2CCN([C@@H]3CCCN(C(=O)c4ccc(O)cn4)C3)CC2)cc1. The molecule has 0 unspecified atom stereocenters. The summed E-state index contributed by atoms with van der Waals surface area (Å²) in [5.74, 6) is 0.904. The number of nitrogens with zero attached hydrogens (tertiary/aromatic N) is 4. The molecule has 2 aliphatic heterocycles. The molecule has 3 heterocycles. The van der Waals surface area contributed by atoms with Gasteiger partial charge in [0, 0.05) is 51.0 Å². The number of carbonyl (C=O) groups is 1. The number of piperazine rings is 1. The zero-order chi connectivity index (χ0) is 20.2. The highest BCUT2D eigenvalue weighted by atomic mass is 16.5. The van der Waals surface area contributed by atoms with E-state index in [1.54, 1.807) is 13.2 Å². The Hall–Kier alpha value is -2.80. The molecule has 2 fully saturated rings. The number of carbonyl (C=O) groups excluding carboxylic acids is 1. The first-order valence-electron chi connectivity index (χ1n) is 10.2. The van der Waals surface area contributed by atoms with E-state index in [0.29, 0.717) is 11.7 Å². The van der Waals surface area contributed by atoms with Crippen LogP contribution >= 0.6 is 0 Å². The van der Waals surface area contributed by atoms with Crippen molar-refractivity contribution in [3.05, 3.63) is 48.3 Å². The van der Waals surface area contributed by atoms with Gasteiger partial charge in [-0.15, -0.1) is 0 Å². The third-order valence-corrected chi connectivity index (χ3v) is 5.92. The number of methoxy groups -OCH3 is 1. The van der Waals surface area contributed by atoms with Crippen LogP contribution in [0.3, 0.4) is 0 Å². The minimum atomic E-state index is -0.0495. The van der Waals surface area contributed by atoms with Gasteiger partial charge < -0.3 is 19.6 Å². The van der Waals surface area contributed by atoms with E-state index in [9.17, 15) is 9.90 Å². The maximum Gasteiger partial charge on any atom is 0.272 e. The van der Waals surface area contributed by atoms with Gasteiger partial charge in [-0.1, -0.05) is 0 Å². The smallest absolute Gasteiger partial charge is 0.272 e. The van der Waals surface area contributed by atoms with Gasteiger partial charge in [0.15, 0.2) is 0 Å². The summed E-state index contributed by atoms with van der Waals surface area (Å²) in [5, 5.41) is 9.39. The minimum Gasteiger partial charge on any atom is -0.506 e. The molecule has 1 N–H and O–H groups in total. The third-order valence-electron chi connectivity index (χ3n) is 5.92. The van der Waals surface area contributed by atoms with Gasteiger partial charge >= 0.3 is 0 Å². The minimum absolute atomic E-state index is 0.0495. The molecule has 0 radical (unpaired) electrons. The van der Waals surface area contributed by atoms with Crippen molar-refractivity contribution in [1.29, 1.82) is 0 Å². The molecule has 29 heavy (non-hydrogen) atoms. The molecule has 4 rings (SSSR count). The highest BCUT2D eigenvalue weighted by Gasteiger charge is 2.30. The summed E-state index contributed by atoms with van der Waals surface area (Å²) in [6.45, 7) is 5.46. The molecule has 1 aromatic heterocycles. The van der Waals surface area contributed by atoms with Gasteiger partial charge in [-0.2, -0.15) is 0 Å². The van der Waals surface area contributed by atoms with Gasteiger partial charge in [0.05, 0.1) is 13.3 Å². The Labute approximate surface area is 171 Å². The molecule has 2 saturated heterocycles. The summed E-state index contributed by atoms with van der Waals surface area (Å²) >= 11 is 0. The fraction of sp³-hybridized carbons (Fsp3) is 0.455. The Bertz CT molecular complexity index is 817. The van der Waals surface area contributed by atoms with Gasteiger partial charge in [-0.05, 0) is 49.2 Å². The van der Waals surface area contributed by atoms with Gasteiger partial charge in [0.25, 0.3) is 5.91 Å². The number of amides is 1. The Balaban J connectivity index is 1.33. The first-order chi connectivity index (χ1) is 14.1. The molecule has 0 aliphatic carbocycles. The van der Waals surface area contributed by atoms with Crippen molar-refractivity contribution < 1.29 is 14.6 Å². The second kappa shape index (κ2) is 8.69. The molecular formula is C22H28N4O3. The first kappa shape index (κ1) is 19.5. The summed E-state index contributed by atoms with van der Waals surface area (Å²) in [6, 6.07) is 11.7. The molecule has 7 heteroatoms. The predicted octanol–water partition coefficient (Wildman–Crippen LogP) is 2.22. The van der Waals surface area contributed by atoms with E-state index >= 15 is 0 Å². The number of benzene rings is 1. The van der Waals surface area contributed by atoms with Crippen LogP contribution in [-0.2, 0) is 0 Å². The molecule has 1 atom stereocenters. The van der Waals surface area contributed by atoms with E-state index < -0.39 is 0 Å². The van der Waals surface area contributed by atoms with Crippen molar-refractivity contribution in [2.45, 2.75) is 18.9 Å². The molecule has 2 aliphatic rings. The number of aromatic hydroxyl groups is 1. The monoisotopic (exact) mass is 396 g/mol. The Morgan fingerprint density at radius 1 is 1.07 bits per heavy atom. The Morgan fingerprint density at radius 3 is 2.48 bits per heavy atom. The molecule has 7 nitrogen and oxygen atoms in total. The molecule has 0 bridgehead atoms. The number of aromatic nitrogens is 1. The molecule has 1 aromatic carbocycles. The van der Waals surface area contributed by atoms with E-state index in [0.717, 1.165) is 57.9 Å². The fourth-order valence-corrected chi connectivity index (χ4v) is 4.25. The van der Waals surface area contributed by atoms with Crippen LogP contribution in [0.4, 0.5) is 5.69 Å². The molecule has 0 saturated carbocycles. The number of piperidine rings is 1. The molecular weight excluding hydrogens is 368 g/mol. The van der Waals surface area contributed by atoms with Crippen molar-refractivity contribution in [2.24, 2.45) is 0 Å². The summed E-state index contributed by atoms with van der Waals surface area (Å²) in [5.41, 5.74) is 1.62. The Kier molecular flexibility index (Phi) is 5.85. The average molecular weight is 396 g/mol. The quantitative estimate of drug-likeness (QED) is 0.855. The molecule has 1 amide bonds. The van der Waals surface area contributed by atoms with E-state index in [1.165, 1.54) is 18.0 Å².